The zero-order chi connectivity index (χ0) is 17.7. The van der Waals surface area contributed by atoms with E-state index in [2.05, 4.69) is 5.32 Å². The first kappa shape index (κ1) is 18.2. The van der Waals surface area contributed by atoms with Crippen LogP contribution in [0.3, 0.4) is 0 Å². The maximum absolute atomic E-state index is 12.6. The van der Waals surface area contributed by atoms with Crippen LogP contribution in [0.1, 0.15) is 32.6 Å². The Morgan fingerprint density at radius 3 is 2.62 bits per heavy atom. The van der Waals surface area contributed by atoms with Gasteiger partial charge in [0.25, 0.3) is 5.69 Å². The number of rotatable bonds is 6. The fourth-order valence-corrected chi connectivity index (χ4v) is 4.19. The van der Waals surface area contributed by atoms with Crippen molar-refractivity contribution in [2.45, 2.75) is 43.5 Å². The minimum absolute atomic E-state index is 0.0745. The molecule has 1 aliphatic heterocycles. The van der Waals surface area contributed by atoms with Crippen LogP contribution >= 0.6 is 0 Å². The van der Waals surface area contributed by atoms with Crippen LogP contribution < -0.4 is 5.32 Å². The Labute approximate surface area is 141 Å². The fourth-order valence-electron chi connectivity index (χ4n) is 2.65. The lowest BCUT2D eigenvalue weighted by Gasteiger charge is -2.26. The largest absolute Gasteiger partial charge is 0.376 e. The van der Waals surface area contributed by atoms with E-state index in [0.29, 0.717) is 13.1 Å². The third kappa shape index (κ3) is 4.01. The second-order valence-electron chi connectivity index (χ2n) is 5.81. The van der Waals surface area contributed by atoms with E-state index < -0.39 is 14.9 Å². The summed E-state index contributed by atoms with van der Waals surface area (Å²) >= 11 is 0. The number of nitriles is 1. The zero-order valence-electron chi connectivity index (χ0n) is 13.4. The molecule has 9 heteroatoms. The highest BCUT2D eigenvalue weighted by Crippen LogP contribution is 2.30. The minimum Gasteiger partial charge on any atom is -0.376 e. The van der Waals surface area contributed by atoms with Gasteiger partial charge in [0.1, 0.15) is 5.69 Å². The molecule has 1 aliphatic rings. The molecule has 24 heavy (non-hydrogen) atoms. The van der Waals surface area contributed by atoms with Crippen molar-refractivity contribution in [1.82, 2.24) is 4.31 Å². The van der Waals surface area contributed by atoms with Gasteiger partial charge in [-0.2, -0.15) is 9.57 Å². The number of hydrogen-bond donors (Lipinski definition) is 1. The van der Waals surface area contributed by atoms with Gasteiger partial charge in [0.05, 0.1) is 22.3 Å². The van der Waals surface area contributed by atoms with Crippen molar-refractivity contribution in [3.8, 4) is 6.07 Å². The molecule has 1 N–H and O–H groups in total. The number of sulfonamides is 1. The van der Waals surface area contributed by atoms with Crippen LogP contribution in [-0.4, -0.2) is 36.8 Å². The fraction of sp³-hybridized carbons (Fsp3) is 0.533. The Morgan fingerprint density at radius 1 is 1.38 bits per heavy atom. The van der Waals surface area contributed by atoms with Crippen LogP contribution in [0.25, 0.3) is 0 Å². The van der Waals surface area contributed by atoms with Gasteiger partial charge < -0.3 is 5.32 Å². The summed E-state index contributed by atoms with van der Waals surface area (Å²) in [7, 11) is -3.72. The molecule has 0 amide bonds. The Kier molecular flexibility index (Phi) is 5.75. The molecule has 1 aromatic rings. The van der Waals surface area contributed by atoms with Crippen LogP contribution in [0, 0.1) is 21.4 Å². The molecule has 1 heterocycles. The van der Waals surface area contributed by atoms with E-state index in [9.17, 15) is 18.5 Å². The Bertz CT molecular complexity index is 751. The molecule has 0 spiro atoms. The summed E-state index contributed by atoms with van der Waals surface area (Å²) in [5, 5.41) is 22.9. The Hall–Kier alpha value is -2.18. The summed E-state index contributed by atoms with van der Waals surface area (Å²) in [4.78, 5) is 10.6. The lowest BCUT2D eigenvalue weighted by Crippen LogP contribution is -2.35. The highest BCUT2D eigenvalue weighted by Gasteiger charge is 2.28. The van der Waals surface area contributed by atoms with E-state index in [-0.39, 0.29) is 28.7 Å². The molecule has 8 nitrogen and oxygen atoms in total. The Balaban J connectivity index is 2.34. The summed E-state index contributed by atoms with van der Waals surface area (Å²) in [5.41, 5.74) is -0.0989. The summed E-state index contributed by atoms with van der Waals surface area (Å²) in [6.07, 6.45) is 2.77. The summed E-state index contributed by atoms with van der Waals surface area (Å²) in [6.45, 7) is 2.61. The van der Waals surface area contributed by atoms with Crippen molar-refractivity contribution in [2.24, 2.45) is 0 Å². The van der Waals surface area contributed by atoms with Crippen LogP contribution in [-0.2, 0) is 10.0 Å². The first-order chi connectivity index (χ1) is 11.4. The highest BCUT2D eigenvalue weighted by atomic mass is 32.2. The van der Waals surface area contributed by atoms with Crippen molar-refractivity contribution >= 4 is 21.4 Å². The monoisotopic (exact) mass is 352 g/mol. The van der Waals surface area contributed by atoms with Crippen LogP contribution in [0.15, 0.2) is 23.1 Å². The lowest BCUT2D eigenvalue weighted by molar-refractivity contribution is -0.384. The lowest BCUT2D eigenvalue weighted by atomic mass is 10.2. The number of piperidine rings is 1. The number of nitro groups is 1. The molecule has 1 aromatic carbocycles. The van der Waals surface area contributed by atoms with E-state index in [1.807, 2.05) is 6.07 Å². The number of nitro benzene ring substituents is 1. The van der Waals surface area contributed by atoms with Gasteiger partial charge in [0.15, 0.2) is 0 Å². The van der Waals surface area contributed by atoms with Crippen molar-refractivity contribution in [1.29, 1.82) is 5.26 Å². The summed E-state index contributed by atoms with van der Waals surface area (Å²) in [5.74, 6) is 0. The van der Waals surface area contributed by atoms with Gasteiger partial charge in [-0.15, -0.1) is 0 Å². The molecule has 0 bridgehead atoms. The number of nitrogens with zero attached hydrogens (tertiary/aromatic N) is 3. The highest BCUT2D eigenvalue weighted by molar-refractivity contribution is 7.89. The third-order valence-electron chi connectivity index (χ3n) is 3.92. The van der Waals surface area contributed by atoms with Gasteiger partial charge in [-0.05, 0) is 31.9 Å². The SMILES string of the molecule is C[C@@H](CC#N)Nc1ccc(S(=O)(=O)N2CCCCC2)cc1[N+](=O)[O-]. The van der Waals surface area contributed by atoms with Crippen LogP contribution in [0.2, 0.25) is 0 Å². The molecular weight excluding hydrogens is 332 g/mol. The minimum atomic E-state index is -3.72. The molecule has 1 saturated heterocycles. The van der Waals surface area contributed by atoms with E-state index >= 15 is 0 Å². The standard InChI is InChI=1S/C15H20N4O4S/c1-12(7-8-16)17-14-6-5-13(11-15(14)19(20)21)24(22,23)18-9-3-2-4-10-18/h5-6,11-12,17H,2-4,7,9-10H2,1H3/t12-/m0/s1. The molecular formula is C15H20N4O4S. The maximum atomic E-state index is 12.6. The van der Waals surface area contributed by atoms with Gasteiger partial charge in [0.2, 0.25) is 10.0 Å². The van der Waals surface area contributed by atoms with Gasteiger partial charge >= 0.3 is 0 Å². The average Bonchev–Trinajstić information content (AvgIpc) is 2.55. The first-order valence-corrected chi connectivity index (χ1v) is 9.22. The first-order valence-electron chi connectivity index (χ1n) is 7.78. The molecule has 2 rings (SSSR count). The van der Waals surface area contributed by atoms with Gasteiger partial charge in [-0.25, -0.2) is 8.42 Å². The molecule has 0 saturated carbocycles. The Morgan fingerprint density at radius 2 is 2.04 bits per heavy atom. The van der Waals surface area contributed by atoms with E-state index in [1.165, 1.54) is 16.4 Å². The predicted octanol–water partition coefficient (Wildman–Crippen LogP) is 2.48. The number of anilines is 1. The quantitative estimate of drug-likeness (QED) is 0.621. The third-order valence-corrected chi connectivity index (χ3v) is 5.81. The van der Waals surface area contributed by atoms with Gasteiger partial charge in [0, 0.05) is 25.2 Å². The van der Waals surface area contributed by atoms with Gasteiger partial charge in [-0.3, -0.25) is 10.1 Å². The topological polar surface area (TPSA) is 116 Å². The molecule has 0 radical (unpaired) electrons. The molecule has 130 valence electrons. The van der Waals surface area contributed by atoms with E-state index in [4.69, 9.17) is 5.26 Å². The smallest absolute Gasteiger partial charge is 0.293 e. The predicted molar refractivity (Wildman–Crippen MR) is 89.0 cm³/mol. The maximum Gasteiger partial charge on any atom is 0.293 e. The van der Waals surface area contributed by atoms with Gasteiger partial charge in [-0.1, -0.05) is 6.42 Å². The van der Waals surface area contributed by atoms with Crippen molar-refractivity contribution in [3.05, 3.63) is 28.3 Å². The summed E-state index contributed by atoms with van der Waals surface area (Å²) < 4.78 is 26.7. The van der Waals surface area contributed by atoms with Crippen molar-refractivity contribution in [3.63, 3.8) is 0 Å². The average molecular weight is 352 g/mol. The van der Waals surface area contributed by atoms with E-state index in [1.54, 1.807) is 6.92 Å². The molecule has 0 aromatic heterocycles. The van der Waals surface area contributed by atoms with Crippen molar-refractivity contribution in [2.75, 3.05) is 18.4 Å². The molecule has 0 unspecified atom stereocenters. The van der Waals surface area contributed by atoms with Crippen LogP contribution in [0.5, 0.6) is 0 Å². The molecule has 1 fully saturated rings. The zero-order valence-corrected chi connectivity index (χ0v) is 14.3. The second-order valence-corrected chi connectivity index (χ2v) is 7.75. The second kappa shape index (κ2) is 7.59. The number of nitrogens with one attached hydrogen (secondary N) is 1. The van der Waals surface area contributed by atoms with E-state index in [0.717, 1.165) is 25.3 Å². The van der Waals surface area contributed by atoms with Crippen molar-refractivity contribution < 1.29 is 13.3 Å². The normalized spacial score (nSPS) is 17.0. The summed E-state index contributed by atoms with van der Waals surface area (Å²) in [6, 6.07) is 5.55. The number of benzene rings is 1. The molecule has 0 aliphatic carbocycles. The number of hydrogen-bond acceptors (Lipinski definition) is 6. The van der Waals surface area contributed by atoms with Crippen LogP contribution in [0.4, 0.5) is 11.4 Å². The molecule has 1 atom stereocenters.